The van der Waals surface area contributed by atoms with E-state index in [9.17, 15) is 0 Å². The zero-order valence-corrected chi connectivity index (χ0v) is 11.0. The number of nitrogens with one attached hydrogen (secondary N) is 1. The Kier molecular flexibility index (Phi) is 4.77. The Morgan fingerprint density at radius 2 is 2.12 bits per heavy atom. The van der Waals surface area contributed by atoms with Crippen molar-refractivity contribution in [3.63, 3.8) is 0 Å². The number of hydrogen-bond acceptors (Lipinski definition) is 5. The van der Waals surface area contributed by atoms with Gasteiger partial charge in [0.25, 0.3) is 0 Å². The molecule has 1 aromatic rings. The highest BCUT2D eigenvalue weighted by Gasteiger charge is 2.09. The number of anilines is 1. The van der Waals surface area contributed by atoms with Crippen LogP contribution < -0.4 is 10.2 Å². The maximum absolute atomic E-state index is 8.53. The van der Waals surface area contributed by atoms with Crippen LogP contribution in [0, 0.1) is 22.7 Å². The minimum Gasteiger partial charge on any atom is -0.493 e. The van der Waals surface area contributed by atoms with Crippen LogP contribution in [0.25, 0.3) is 0 Å². The molecule has 0 aliphatic heterocycles. The van der Waals surface area contributed by atoms with E-state index in [4.69, 9.17) is 26.9 Å². The van der Waals surface area contributed by atoms with Gasteiger partial charge in [0, 0.05) is 5.02 Å². The average molecular weight is 314 g/mol. The van der Waals surface area contributed by atoms with Gasteiger partial charge >= 0.3 is 0 Å². The summed E-state index contributed by atoms with van der Waals surface area (Å²) in [5, 5.41) is 21.1. The highest BCUT2D eigenvalue weighted by Crippen LogP contribution is 2.36. The predicted octanol–water partition coefficient (Wildman–Crippen LogP) is 2.93. The number of hydrazone groups is 1. The zero-order chi connectivity index (χ0) is 12.8. The molecule has 7 heteroatoms. The molecule has 0 aliphatic carbocycles. The summed E-state index contributed by atoms with van der Waals surface area (Å²) in [5.41, 5.74) is 2.72. The Morgan fingerprint density at radius 1 is 1.47 bits per heavy atom. The molecule has 0 saturated carbocycles. The van der Waals surface area contributed by atoms with Crippen LogP contribution in [-0.4, -0.2) is 12.8 Å². The zero-order valence-electron chi connectivity index (χ0n) is 8.66. The summed E-state index contributed by atoms with van der Waals surface area (Å²) in [6, 6.07) is 6.49. The van der Waals surface area contributed by atoms with Gasteiger partial charge in [0.1, 0.15) is 17.8 Å². The van der Waals surface area contributed by atoms with Crippen molar-refractivity contribution in [2.24, 2.45) is 5.10 Å². The first-order valence-electron chi connectivity index (χ1n) is 4.29. The summed E-state index contributed by atoms with van der Waals surface area (Å²) < 4.78 is 5.77. The highest BCUT2D eigenvalue weighted by molar-refractivity contribution is 9.10. The number of methoxy groups -OCH3 is 1. The molecule has 0 radical (unpaired) electrons. The van der Waals surface area contributed by atoms with E-state index in [2.05, 4.69) is 26.5 Å². The second-order valence-electron chi connectivity index (χ2n) is 2.76. The van der Waals surface area contributed by atoms with Crippen LogP contribution in [0.3, 0.4) is 0 Å². The fraction of sp³-hybridized carbons (Fsp3) is 0.100. The fourth-order valence-electron chi connectivity index (χ4n) is 1.04. The Labute approximate surface area is 111 Å². The van der Waals surface area contributed by atoms with Crippen LogP contribution in [-0.2, 0) is 0 Å². The molecule has 0 fully saturated rings. The molecule has 5 nitrogen and oxygen atoms in total. The van der Waals surface area contributed by atoms with Crippen LogP contribution in [0.15, 0.2) is 21.7 Å². The van der Waals surface area contributed by atoms with E-state index >= 15 is 0 Å². The van der Waals surface area contributed by atoms with Crippen LogP contribution >= 0.6 is 27.5 Å². The molecule has 0 aromatic heterocycles. The van der Waals surface area contributed by atoms with Crippen molar-refractivity contribution in [3.05, 3.63) is 21.6 Å². The normalized spacial score (nSPS) is 8.76. The number of hydrogen-bond donors (Lipinski definition) is 1. The second kappa shape index (κ2) is 6.09. The Balaban J connectivity index is 3.12. The lowest BCUT2D eigenvalue weighted by molar-refractivity contribution is 0.414. The van der Waals surface area contributed by atoms with Gasteiger partial charge in [-0.2, -0.15) is 15.6 Å². The molecule has 0 bridgehead atoms. The van der Waals surface area contributed by atoms with E-state index in [1.54, 1.807) is 24.3 Å². The number of ether oxygens (including phenoxy) is 1. The smallest absolute Gasteiger partial charge is 0.237 e. The van der Waals surface area contributed by atoms with Crippen molar-refractivity contribution in [1.82, 2.24) is 0 Å². The lowest BCUT2D eigenvalue weighted by Crippen LogP contribution is -1.99. The molecule has 0 aliphatic rings. The molecule has 0 spiro atoms. The quantitative estimate of drug-likeness (QED) is 0.687. The number of rotatable bonds is 3. The van der Waals surface area contributed by atoms with Crippen molar-refractivity contribution in [2.75, 3.05) is 12.5 Å². The lowest BCUT2D eigenvalue weighted by atomic mass is 10.3. The summed E-state index contributed by atoms with van der Waals surface area (Å²) in [6.45, 7) is 0. The number of benzene rings is 1. The lowest BCUT2D eigenvalue weighted by Gasteiger charge is -2.10. The standard InChI is InChI=1S/C10H6BrClN4O/c1-17-10-8(11)2-6(12)3-9(10)16-15-7(4-13)5-14/h2-3,16H,1H3. The van der Waals surface area contributed by atoms with Gasteiger partial charge in [0.05, 0.1) is 11.6 Å². The second-order valence-corrected chi connectivity index (χ2v) is 4.06. The largest absolute Gasteiger partial charge is 0.493 e. The highest BCUT2D eigenvalue weighted by atomic mass is 79.9. The monoisotopic (exact) mass is 312 g/mol. The van der Waals surface area contributed by atoms with Gasteiger partial charge in [0.2, 0.25) is 5.71 Å². The van der Waals surface area contributed by atoms with E-state index in [0.29, 0.717) is 20.9 Å². The predicted molar refractivity (Wildman–Crippen MR) is 68.0 cm³/mol. The fourth-order valence-corrected chi connectivity index (χ4v) is 2.01. The van der Waals surface area contributed by atoms with E-state index in [1.165, 1.54) is 7.11 Å². The van der Waals surface area contributed by atoms with Crippen LogP contribution in [0.5, 0.6) is 5.75 Å². The molecular formula is C10H6BrClN4O. The molecule has 0 amide bonds. The molecule has 0 heterocycles. The molecule has 0 unspecified atom stereocenters. The number of halogens is 2. The Bertz CT molecular complexity index is 528. The van der Waals surface area contributed by atoms with Gasteiger partial charge in [-0.05, 0) is 28.1 Å². The van der Waals surface area contributed by atoms with Crippen LogP contribution in [0.1, 0.15) is 0 Å². The van der Waals surface area contributed by atoms with E-state index < -0.39 is 0 Å². The van der Waals surface area contributed by atoms with E-state index in [-0.39, 0.29) is 5.71 Å². The summed E-state index contributed by atoms with van der Waals surface area (Å²) in [4.78, 5) is 0. The molecule has 1 N–H and O–H groups in total. The SMILES string of the molecule is COc1c(Br)cc(Cl)cc1NN=C(C#N)C#N. The van der Waals surface area contributed by atoms with E-state index in [1.807, 2.05) is 0 Å². The van der Waals surface area contributed by atoms with Crippen molar-refractivity contribution in [2.45, 2.75) is 0 Å². The molecular weight excluding hydrogens is 307 g/mol. The third kappa shape index (κ3) is 3.35. The maximum Gasteiger partial charge on any atom is 0.237 e. The van der Waals surface area contributed by atoms with Gasteiger partial charge in [-0.25, -0.2) is 0 Å². The molecule has 0 atom stereocenters. The van der Waals surface area contributed by atoms with Gasteiger partial charge in [-0.3, -0.25) is 5.43 Å². The summed E-state index contributed by atoms with van der Waals surface area (Å²) >= 11 is 9.13. The van der Waals surface area contributed by atoms with Crippen molar-refractivity contribution in [3.8, 4) is 17.9 Å². The minimum atomic E-state index is -0.289. The van der Waals surface area contributed by atoms with Gasteiger partial charge in [0.15, 0.2) is 5.75 Å². The van der Waals surface area contributed by atoms with Crippen molar-refractivity contribution in [1.29, 1.82) is 10.5 Å². The Hall–Kier alpha value is -1.76. The maximum atomic E-state index is 8.53. The first-order valence-corrected chi connectivity index (χ1v) is 5.46. The van der Waals surface area contributed by atoms with Crippen LogP contribution in [0.4, 0.5) is 5.69 Å². The van der Waals surface area contributed by atoms with Gasteiger partial charge < -0.3 is 4.74 Å². The first kappa shape index (κ1) is 13.3. The summed E-state index contributed by atoms with van der Waals surface area (Å²) in [5.74, 6) is 0.480. The van der Waals surface area contributed by atoms with Gasteiger partial charge in [-0.1, -0.05) is 11.6 Å². The number of nitrogens with zero attached hydrogens (tertiary/aromatic N) is 3. The average Bonchev–Trinajstić information content (AvgIpc) is 2.29. The third-order valence-corrected chi connectivity index (χ3v) is 2.52. The van der Waals surface area contributed by atoms with Crippen LogP contribution in [0.2, 0.25) is 5.02 Å². The first-order chi connectivity index (χ1) is 8.12. The molecule has 0 saturated heterocycles. The molecule has 1 rings (SSSR count). The Morgan fingerprint density at radius 3 is 2.65 bits per heavy atom. The van der Waals surface area contributed by atoms with Crippen molar-refractivity contribution < 1.29 is 4.74 Å². The molecule has 1 aromatic carbocycles. The van der Waals surface area contributed by atoms with E-state index in [0.717, 1.165) is 0 Å². The third-order valence-electron chi connectivity index (χ3n) is 1.71. The van der Waals surface area contributed by atoms with Crippen molar-refractivity contribution >= 4 is 38.9 Å². The topological polar surface area (TPSA) is 81.2 Å². The summed E-state index contributed by atoms with van der Waals surface area (Å²) in [6.07, 6.45) is 0. The molecule has 17 heavy (non-hydrogen) atoms. The number of nitriles is 2. The van der Waals surface area contributed by atoms with Gasteiger partial charge in [-0.15, -0.1) is 0 Å². The molecule has 86 valence electrons. The minimum absolute atomic E-state index is 0.289. The summed E-state index contributed by atoms with van der Waals surface area (Å²) in [7, 11) is 1.48.